The molecule has 102 valence electrons. The second-order valence-corrected chi connectivity index (χ2v) is 4.76. The highest BCUT2D eigenvalue weighted by Crippen LogP contribution is 2.26. The molecule has 0 unspecified atom stereocenters. The van der Waals surface area contributed by atoms with Crippen molar-refractivity contribution in [3.63, 3.8) is 0 Å². The Bertz CT molecular complexity index is 555. The molecule has 6 heteroatoms. The average Bonchev–Trinajstić information content (AvgIpc) is 2.73. The summed E-state index contributed by atoms with van der Waals surface area (Å²) in [6.07, 6.45) is 1.77. The van der Waals surface area contributed by atoms with E-state index in [0.29, 0.717) is 18.2 Å². The van der Waals surface area contributed by atoms with Crippen LogP contribution < -0.4 is 15.2 Å². The van der Waals surface area contributed by atoms with Crippen LogP contribution in [-0.4, -0.2) is 15.3 Å². The Morgan fingerprint density at radius 1 is 1.37 bits per heavy atom. The van der Waals surface area contributed by atoms with Crippen LogP contribution in [0.2, 0.25) is 0 Å². The maximum atomic E-state index is 5.97. The van der Waals surface area contributed by atoms with Gasteiger partial charge >= 0.3 is 0 Å². The van der Waals surface area contributed by atoms with Crippen LogP contribution >= 0.6 is 12.8 Å². The minimum Gasteiger partial charge on any atom is -0.491 e. The van der Waals surface area contributed by atoms with Crippen LogP contribution in [0.1, 0.15) is 19.4 Å². The molecule has 2 rings (SSSR count). The van der Waals surface area contributed by atoms with Crippen molar-refractivity contribution in [1.82, 2.24) is 9.19 Å². The number of benzene rings is 1. The zero-order valence-electron chi connectivity index (χ0n) is 10.9. The van der Waals surface area contributed by atoms with Crippen molar-refractivity contribution in [3.8, 4) is 11.6 Å². The first-order valence-corrected chi connectivity index (χ1v) is 6.38. The van der Waals surface area contributed by atoms with Gasteiger partial charge in [0.1, 0.15) is 12.4 Å². The molecule has 1 aromatic heterocycles. The summed E-state index contributed by atoms with van der Waals surface area (Å²) >= 11 is 4.05. The number of nitrogens with zero attached hydrogens (tertiary/aromatic N) is 2. The van der Waals surface area contributed by atoms with E-state index in [1.54, 1.807) is 12.3 Å². The van der Waals surface area contributed by atoms with Crippen LogP contribution in [0.5, 0.6) is 11.6 Å². The Morgan fingerprint density at radius 2 is 2.16 bits per heavy atom. The van der Waals surface area contributed by atoms with Crippen molar-refractivity contribution in [2.75, 3.05) is 5.73 Å². The largest absolute Gasteiger partial charge is 0.491 e. The smallest absolute Gasteiger partial charge is 0.234 e. The molecule has 0 atom stereocenters. The van der Waals surface area contributed by atoms with Gasteiger partial charge in [-0.15, -0.1) is 5.10 Å². The highest BCUT2D eigenvalue weighted by atomic mass is 32.1. The lowest BCUT2D eigenvalue weighted by Crippen LogP contribution is -2.10. The molecule has 0 amide bonds. The van der Waals surface area contributed by atoms with Gasteiger partial charge in [0, 0.05) is 18.0 Å². The van der Waals surface area contributed by atoms with Gasteiger partial charge in [-0.2, -0.15) is 0 Å². The fourth-order valence-corrected chi connectivity index (χ4v) is 1.78. The van der Waals surface area contributed by atoms with Crippen LogP contribution in [-0.2, 0) is 6.61 Å². The quantitative estimate of drug-likeness (QED) is 0.652. The van der Waals surface area contributed by atoms with E-state index in [1.807, 2.05) is 32.0 Å². The first kappa shape index (κ1) is 13.6. The molecule has 0 aliphatic carbocycles. The number of anilines is 1. The molecule has 1 heterocycles. The third-order valence-corrected chi connectivity index (χ3v) is 2.67. The van der Waals surface area contributed by atoms with Crippen LogP contribution in [0.25, 0.3) is 0 Å². The summed E-state index contributed by atoms with van der Waals surface area (Å²) < 4.78 is 12.7. The number of thiol groups is 1. The number of nitrogens with two attached hydrogens (primary N) is 1. The van der Waals surface area contributed by atoms with Crippen molar-refractivity contribution < 1.29 is 9.47 Å². The normalized spacial score (nSPS) is 10.7. The van der Waals surface area contributed by atoms with Gasteiger partial charge in [0.25, 0.3) is 0 Å². The first-order chi connectivity index (χ1) is 9.06. The minimum atomic E-state index is 0.0807. The molecule has 5 nitrogen and oxygen atoms in total. The van der Waals surface area contributed by atoms with Gasteiger partial charge in [-0.25, -0.2) is 4.09 Å². The second kappa shape index (κ2) is 5.88. The predicted molar refractivity (Wildman–Crippen MR) is 77.6 cm³/mol. The number of ether oxygens (including phenoxy) is 2. The summed E-state index contributed by atoms with van der Waals surface area (Å²) in [6.45, 7) is 4.24. The number of nitrogen functional groups attached to an aromatic ring is 1. The standard InChI is InChI=1S/C13H17N3O2S/c1-9(2)18-12-5-3-4-11(14)10(12)8-17-13-6-7-16(19)15-13/h3-7,9,19H,8,14H2,1-2H3. The maximum absolute atomic E-state index is 5.97. The van der Waals surface area contributed by atoms with Gasteiger partial charge in [-0.05, 0) is 38.8 Å². The Labute approximate surface area is 117 Å². The van der Waals surface area contributed by atoms with Crippen molar-refractivity contribution >= 4 is 18.5 Å². The van der Waals surface area contributed by atoms with Gasteiger partial charge in [0.15, 0.2) is 0 Å². The lowest BCUT2D eigenvalue weighted by Gasteiger charge is -2.15. The molecular formula is C13H17N3O2S. The monoisotopic (exact) mass is 279 g/mol. The summed E-state index contributed by atoms with van der Waals surface area (Å²) in [7, 11) is 0. The molecule has 2 N–H and O–H groups in total. The Hall–Kier alpha value is -1.82. The van der Waals surface area contributed by atoms with Crippen molar-refractivity contribution in [3.05, 3.63) is 36.0 Å². The summed E-state index contributed by atoms with van der Waals surface area (Å²) in [5.41, 5.74) is 7.43. The van der Waals surface area contributed by atoms with Crippen LogP contribution in [0.15, 0.2) is 30.5 Å². The summed E-state index contributed by atoms with van der Waals surface area (Å²) in [6, 6.07) is 7.30. The van der Waals surface area contributed by atoms with Crippen molar-refractivity contribution in [1.29, 1.82) is 0 Å². The van der Waals surface area contributed by atoms with Crippen LogP contribution in [0.4, 0.5) is 5.69 Å². The van der Waals surface area contributed by atoms with E-state index in [9.17, 15) is 0 Å². The molecule has 1 aromatic carbocycles. The Morgan fingerprint density at radius 3 is 2.79 bits per heavy atom. The summed E-state index contributed by atoms with van der Waals surface area (Å²) in [5.74, 6) is 1.23. The Kier molecular flexibility index (Phi) is 4.21. The minimum absolute atomic E-state index is 0.0807. The molecule has 2 aromatic rings. The number of hydrogen-bond donors (Lipinski definition) is 2. The van der Waals surface area contributed by atoms with Gasteiger partial charge in [-0.1, -0.05) is 6.07 Å². The van der Waals surface area contributed by atoms with Crippen LogP contribution in [0, 0.1) is 0 Å². The van der Waals surface area contributed by atoms with E-state index >= 15 is 0 Å². The second-order valence-electron chi connectivity index (χ2n) is 4.35. The third-order valence-electron chi connectivity index (χ3n) is 2.45. The number of aromatic nitrogens is 2. The molecule has 19 heavy (non-hydrogen) atoms. The lowest BCUT2D eigenvalue weighted by atomic mass is 10.1. The van der Waals surface area contributed by atoms with Crippen molar-refractivity contribution in [2.45, 2.75) is 26.6 Å². The molecule has 0 bridgehead atoms. The molecular weight excluding hydrogens is 262 g/mol. The maximum Gasteiger partial charge on any atom is 0.234 e. The molecule has 0 aliphatic heterocycles. The summed E-state index contributed by atoms with van der Waals surface area (Å²) in [5, 5.41) is 4.02. The summed E-state index contributed by atoms with van der Waals surface area (Å²) in [4.78, 5) is 0. The van der Waals surface area contributed by atoms with E-state index in [2.05, 4.69) is 17.9 Å². The molecule has 0 radical (unpaired) electrons. The fourth-order valence-electron chi connectivity index (χ4n) is 1.62. The lowest BCUT2D eigenvalue weighted by molar-refractivity contribution is 0.229. The van der Waals surface area contributed by atoms with E-state index in [4.69, 9.17) is 15.2 Å². The van der Waals surface area contributed by atoms with Gasteiger partial charge < -0.3 is 15.2 Å². The van der Waals surface area contributed by atoms with Gasteiger partial charge in [-0.3, -0.25) is 0 Å². The fraction of sp³-hybridized carbons (Fsp3) is 0.308. The van der Waals surface area contributed by atoms with Gasteiger partial charge in [0.05, 0.1) is 11.7 Å². The molecule has 0 saturated carbocycles. The Balaban J connectivity index is 2.14. The highest BCUT2D eigenvalue weighted by molar-refractivity contribution is 7.78. The van der Waals surface area contributed by atoms with E-state index in [-0.39, 0.29) is 6.10 Å². The van der Waals surface area contributed by atoms with Gasteiger partial charge in [0.2, 0.25) is 5.88 Å². The third kappa shape index (κ3) is 3.57. The number of rotatable bonds is 5. The highest BCUT2D eigenvalue weighted by Gasteiger charge is 2.10. The zero-order valence-corrected chi connectivity index (χ0v) is 11.8. The molecule has 0 saturated heterocycles. The van der Waals surface area contributed by atoms with E-state index < -0.39 is 0 Å². The predicted octanol–water partition coefficient (Wildman–Crippen LogP) is 2.52. The first-order valence-electron chi connectivity index (χ1n) is 5.98. The SMILES string of the molecule is CC(C)Oc1cccc(N)c1COc1ccn(S)n1. The average molecular weight is 279 g/mol. The molecule has 0 spiro atoms. The molecule has 0 fully saturated rings. The molecule has 0 aliphatic rings. The van der Waals surface area contributed by atoms with E-state index in [0.717, 1.165) is 11.3 Å². The number of hydrogen-bond acceptors (Lipinski definition) is 5. The van der Waals surface area contributed by atoms with Crippen LogP contribution in [0.3, 0.4) is 0 Å². The van der Waals surface area contributed by atoms with E-state index in [1.165, 1.54) is 4.09 Å². The van der Waals surface area contributed by atoms with Crippen molar-refractivity contribution in [2.24, 2.45) is 0 Å². The topological polar surface area (TPSA) is 62.3 Å². The zero-order chi connectivity index (χ0) is 13.8.